The predicted octanol–water partition coefficient (Wildman–Crippen LogP) is 3.17. The number of hydrogen-bond donors (Lipinski definition) is 1. The fraction of sp³-hybridized carbons (Fsp3) is 0.786. The Kier molecular flexibility index (Phi) is 6.27. The van der Waals surface area contributed by atoms with E-state index in [1.165, 1.54) is 18.5 Å². The first-order valence-electron chi connectivity index (χ1n) is 6.98. The highest BCUT2D eigenvalue weighted by Gasteiger charge is 2.08. The van der Waals surface area contributed by atoms with Crippen molar-refractivity contribution in [1.82, 2.24) is 15.1 Å². The molecule has 0 spiro atoms. The number of rotatable bonds is 8. The molecule has 0 fully saturated rings. The minimum absolute atomic E-state index is 0.513. The lowest BCUT2D eigenvalue weighted by molar-refractivity contribution is 0.460. The molecule has 0 amide bonds. The molecule has 1 aromatic heterocycles. The molecule has 2 atom stereocenters. The minimum Gasteiger partial charge on any atom is -0.314 e. The van der Waals surface area contributed by atoms with Gasteiger partial charge in [-0.25, -0.2) is 0 Å². The molecule has 3 heteroatoms. The van der Waals surface area contributed by atoms with Crippen LogP contribution in [0.2, 0.25) is 0 Å². The van der Waals surface area contributed by atoms with Crippen LogP contribution in [0.25, 0.3) is 0 Å². The molecule has 0 aromatic carbocycles. The van der Waals surface area contributed by atoms with Crippen molar-refractivity contribution >= 4 is 0 Å². The lowest BCUT2D eigenvalue weighted by Crippen LogP contribution is -2.28. The van der Waals surface area contributed by atoms with E-state index in [2.05, 4.69) is 55.1 Å². The number of aromatic nitrogens is 2. The number of aryl methyl sites for hydroxylation is 1. The van der Waals surface area contributed by atoms with Crippen LogP contribution in [0.3, 0.4) is 0 Å². The molecule has 98 valence electrons. The maximum absolute atomic E-state index is 4.64. The van der Waals surface area contributed by atoms with Crippen LogP contribution in [-0.4, -0.2) is 22.4 Å². The molecular weight excluding hydrogens is 210 g/mol. The van der Waals surface area contributed by atoms with Crippen LogP contribution in [0.4, 0.5) is 0 Å². The van der Waals surface area contributed by atoms with E-state index in [4.69, 9.17) is 0 Å². The summed E-state index contributed by atoms with van der Waals surface area (Å²) in [7, 11) is 0. The Bertz CT molecular complexity index is 306. The van der Waals surface area contributed by atoms with E-state index in [9.17, 15) is 0 Å². The molecule has 1 aromatic rings. The van der Waals surface area contributed by atoms with Crippen molar-refractivity contribution in [1.29, 1.82) is 0 Å². The second-order valence-electron chi connectivity index (χ2n) is 4.75. The lowest BCUT2D eigenvalue weighted by Gasteiger charge is -2.14. The van der Waals surface area contributed by atoms with E-state index in [1.54, 1.807) is 0 Å². The van der Waals surface area contributed by atoms with Crippen LogP contribution in [-0.2, 0) is 6.42 Å². The van der Waals surface area contributed by atoms with Gasteiger partial charge in [-0.15, -0.1) is 0 Å². The zero-order valence-electron chi connectivity index (χ0n) is 11.7. The zero-order valence-corrected chi connectivity index (χ0v) is 11.7. The first-order valence-corrected chi connectivity index (χ1v) is 6.98. The predicted molar refractivity (Wildman–Crippen MR) is 73.3 cm³/mol. The van der Waals surface area contributed by atoms with E-state index < -0.39 is 0 Å². The topological polar surface area (TPSA) is 29.9 Å². The second-order valence-corrected chi connectivity index (χ2v) is 4.75. The van der Waals surface area contributed by atoms with Gasteiger partial charge in [0.05, 0.1) is 5.69 Å². The van der Waals surface area contributed by atoms with Gasteiger partial charge >= 0.3 is 0 Å². The third-order valence-corrected chi connectivity index (χ3v) is 3.44. The second kappa shape index (κ2) is 7.49. The van der Waals surface area contributed by atoms with Crippen molar-refractivity contribution in [2.75, 3.05) is 6.54 Å². The zero-order chi connectivity index (χ0) is 12.7. The van der Waals surface area contributed by atoms with Crippen LogP contribution in [0.1, 0.15) is 58.7 Å². The van der Waals surface area contributed by atoms with Crippen molar-refractivity contribution in [3.05, 3.63) is 18.0 Å². The summed E-state index contributed by atoms with van der Waals surface area (Å²) in [6.45, 7) is 9.87. The SMILES string of the molecule is CCNC(CC)CCc1ccn(C(C)CC)n1. The van der Waals surface area contributed by atoms with Gasteiger partial charge in [-0.1, -0.05) is 20.8 Å². The molecule has 17 heavy (non-hydrogen) atoms. The summed E-state index contributed by atoms with van der Waals surface area (Å²) < 4.78 is 2.09. The van der Waals surface area contributed by atoms with Crippen LogP contribution in [0, 0.1) is 0 Å². The summed E-state index contributed by atoms with van der Waals surface area (Å²) >= 11 is 0. The molecule has 0 saturated heterocycles. The maximum Gasteiger partial charge on any atom is 0.0625 e. The van der Waals surface area contributed by atoms with Crippen molar-refractivity contribution in [3.8, 4) is 0 Å². The maximum atomic E-state index is 4.64. The molecule has 3 nitrogen and oxygen atoms in total. The molecular formula is C14H27N3. The van der Waals surface area contributed by atoms with Crippen LogP contribution >= 0.6 is 0 Å². The van der Waals surface area contributed by atoms with Crippen LogP contribution < -0.4 is 5.32 Å². The van der Waals surface area contributed by atoms with E-state index in [0.29, 0.717) is 12.1 Å². The summed E-state index contributed by atoms with van der Waals surface area (Å²) in [4.78, 5) is 0. The average Bonchev–Trinajstić information content (AvgIpc) is 2.82. The molecule has 0 saturated carbocycles. The van der Waals surface area contributed by atoms with Gasteiger partial charge in [0.25, 0.3) is 0 Å². The first kappa shape index (κ1) is 14.2. The summed E-state index contributed by atoms with van der Waals surface area (Å²) in [5, 5.41) is 8.14. The highest BCUT2D eigenvalue weighted by molar-refractivity contribution is 5.00. The summed E-state index contributed by atoms with van der Waals surface area (Å²) in [6.07, 6.45) is 6.70. The fourth-order valence-corrected chi connectivity index (χ4v) is 2.00. The molecule has 1 heterocycles. The van der Waals surface area contributed by atoms with Gasteiger partial charge in [-0.2, -0.15) is 5.10 Å². The highest BCUT2D eigenvalue weighted by Crippen LogP contribution is 2.11. The molecule has 0 radical (unpaired) electrons. The number of nitrogens with one attached hydrogen (secondary N) is 1. The van der Waals surface area contributed by atoms with Crippen molar-refractivity contribution in [2.45, 2.75) is 65.5 Å². The standard InChI is InChI=1S/C14H27N3/c1-5-12(4)17-11-10-14(16-17)9-8-13(6-2)15-7-3/h10-13,15H,5-9H2,1-4H3. The van der Waals surface area contributed by atoms with E-state index in [0.717, 1.165) is 19.4 Å². The van der Waals surface area contributed by atoms with E-state index in [-0.39, 0.29) is 0 Å². The van der Waals surface area contributed by atoms with Gasteiger partial charge in [0.1, 0.15) is 0 Å². The molecule has 2 unspecified atom stereocenters. The highest BCUT2D eigenvalue weighted by atomic mass is 15.3. The van der Waals surface area contributed by atoms with Crippen LogP contribution in [0.5, 0.6) is 0 Å². The van der Waals surface area contributed by atoms with E-state index >= 15 is 0 Å². The largest absolute Gasteiger partial charge is 0.314 e. The molecule has 0 aliphatic carbocycles. The van der Waals surface area contributed by atoms with Gasteiger partial charge in [-0.05, 0) is 45.2 Å². The quantitative estimate of drug-likeness (QED) is 0.752. The van der Waals surface area contributed by atoms with Gasteiger partial charge in [-0.3, -0.25) is 4.68 Å². The molecule has 0 aliphatic heterocycles. The normalized spacial score (nSPS) is 14.8. The number of hydrogen-bond acceptors (Lipinski definition) is 2. The summed E-state index contributed by atoms with van der Waals surface area (Å²) in [5.41, 5.74) is 1.22. The molecule has 0 aliphatic rings. The van der Waals surface area contributed by atoms with Crippen molar-refractivity contribution in [2.24, 2.45) is 0 Å². The van der Waals surface area contributed by atoms with Gasteiger partial charge in [0, 0.05) is 18.3 Å². The van der Waals surface area contributed by atoms with Crippen molar-refractivity contribution < 1.29 is 0 Å². The molecule has 1 rings (SSSR count). The Morgan fingerprint density at radius 2 is 2.06 bits per heavy atom. The Balaban J connectivity index is 2.43. The Morgan fingerprint density at radius 1 is 1.29 bits per heavy atom. The monoisotopic (exact) mass is 237 g/mol. The van der Waals surface area contributed by atoms with Crippen LogP contribution in [0.15, 0.2) is 12.3 Å². The Hall–Kier alpha value is -0.830. The van der Waals surface area contributed by atoms with Gasteiger partial charge in [0.15, 0.2) is 0 Å². The third-order valence-electron chi connectivity index (χ3n) is 3.44. The Labute approximate surface area is 106 Å². The first-order chi connectivity index (χ1) is 8.21. The smallest absolute Gasteiger partial charge is 0.0625 e. The fourth-order valence-electron chi connectivity index (χ4n) is 2.00. The molecule has 1 N–H and O–H groups in total. The Morgan fingerprint density at radius 3 is 2.65 bits per heavy atom. The van der Waals surface area contributed by atoms with Crippen molar-refractivity contribution in [3.63, 3.8) is 0 Å². The summed E-state index contributed by atoms with van der Waals surface area (Å²) in [5.74, 6) is 0. The van der Waals surface area contributed by atoms with Gasteiger partial charge < -0.3 is 5.32 Å². The lowest BCUT2D eigenvalue weighted by atomic mass is 10.1. The third kappa shape index (κ3) is 4.50. The average molecular weight is 237 g/mol. The minimum atomic E-state index is 0.513. The molecule has 0 bridgehead atoms. The van der Waals surface area contributed by atoms with Gasteiger partial charge in [0.2, 0.25) is 0 Å². The number of nitrogens with zero attached hydrogens (tertiary/aromatic N) is 2. The van der Waals surface area contributed by atoms with E-state index in [1.807, 2.05) is 0 Å². The summed E-state index contributed by atoms with van der Waals surface area (Å²) in [6, 6.07) is 3.30.